The van der Waals surface area contributed by atoms with Gasteiger partial charge in [-0.2, -0.15) is 26.3 Å². The van der Waals surface area contributed by atoms with E-state index in [0.717, 1.165) is 0 Å². The van der Waals surface area contributed by atoms with E-state index >= 15 is 0 Å². The van der Waals surface area contributed by atoms with Crippen molar-refractivity contribution in [3.8, 4) is 0 Å². The Bertz CT molecular complexity index is 749. The zero-order chi connectivity index (χ0) is 19.9. The van der Waals surface area contributed by atoms with Gasteiger partial charge < -0.3 is 0 Å². The number of alkyl halides is 6. The minimum Gasteiger partial charge on any atom is -0.204 e. The van der Waals surface area contributed by atoms with Gasteiger partial charge in [0.05, 0.1) is 11.1 Å². The van der Waals surface area contributed by atoms with E-state index in [-0.39, 0.29) is 24.3 Å². The lowest BCUT2D eigenvalue weighted by Crippen LogP contribution is -2.06. The number of halogens is 10. The van der Waals surface area contributed by atoms with E-state index in [4.69, 9.17) is 0 Å². The Morgan fingerprint density at radius 1 is 0.500 bits per heavy atom. The lowest BCUT2D eigenvalue weighted by Gasteiger charge is -2.09. The van der Waals surface area contributed by atoms with Gasteiger partial charge in [-0.1, -0.05) is 0 Å². The minimum absolute atomic E-state index is 0.128. The fourth-order valence-electron chi connectivity index (χ4n) is 1.75. The Hall–Kier alpha value is -2.66. The first-order chi connectivity index (χ1) is 11.8. The van der Waals surface area contributed by atoms with Crippen LogP contribution in [0.3, 0.4) is 0 Å². The van der Waals surface area contributed by atoms with E-state index in [9.17, 15) is 43.9 Å². The Balaban J connectivity index is 2.45. The van der Waals surface area contributed by atoms with Crippen LogP contribution in [0.15, 0.2) is 34.5 Å². The van der Waals surface area contributed by atoms with Crippen molar-refractivity contribution >= 4 is 11.4 Å². The molecule has 0 aliphatic heterocycles. The molecule has 0 aromatic heterocycles. The molecule has 0 saturated heterocycles. The van der Waals surface area contributed by atoms with Crippen LogP contribution in [0.4, 0.5) is 55.3 Å². The molecule has 0 amide bonds. The summed E-state index contributed by atoms with van der Waals surface area (Å²) in [5.74, 6) is -7.36. The number of rotatable bonds is 2. The number of azo groups is 1. The van der Waals surface area contributed by atoms with Crippen molar-refractivity contribution in [3.05, 3.63) is 58.7 Å². The molecule has 2 aromatic rings. The van der Waals surface area contributed by atoms with Gasteiger partial charge >= 0.3 is 12.4 Å². The van der Waals surface area contributed by atoms with Gasteiger partial charge in [0.15, 0.2) is 34.6 Å². The predicted molar refractivity (Wildman–Crippen MR) is 66.9 cm³/mol. The standard InChI is InChI=1S/C14H4F10N2/c15-7-1-5(13(19,20)21)2-8(16)11(7)25-26-12-9(17)3-6(4-10(12)18)14(22,23)24/h1-4H/b26-25+. The zero-order valence-electron chi connectivity index (χ0n) is 12.0. The molecule has 0 aliphatic rings. The van der Waals surface area contributed by atoms with Crippen molar-refractivity contribution in [1.82, 2.24) is 0 Å². The Labute approximate surface area is 137 Å². The first kappa shape index (κ1) is 19.7. The predicted octanol–water partition coefficient (Wildman–Crippen LogP) is 6.70. The number of hydrogen-bond donors (Lipinski definition) is 0. The molecular formula is C14H4F10N2. The van der Waals surface area contributed by atoms with E-state index in [1.165, 1.54) is 0 Å². The van der Waals surface area contributed by atoms with Crippen molar-refractivity contribution in [3.63, 3.8) is 0 Å². The molecule has 0 radical (unpaired) electrons. The summed E-state index contributed by atoms with van der Waals surface area (Å²) in [5, 5.41) is 5.52. The van der Waals surface area contributed by atoms with Gasteiger partial charge in [0.25, 0.3) is 0 Å². The molecule has 2 rings (SSSR count). The SMILES string of the molecule is Fc1cc(C(F)(F)F)cc(F)c1/N=N/c1c(F)cc(C(F)(F)F)cc1F. The second-order valence-corrected chi connectivity index (χ2v) is 4.77. The van der Waals surface area contributed by atoms with Crippen molar-refractivity contribution in [2.75, 3.05) is 0 Å². The van der Waals surface area contributed by atoms with E-state index in [1.54, 1.807) is 0 Å². The first-order valence-corrected chi connectivity index (χ1v) is 6.35. The first-order valence-electron chi connectivity index (χ1n) is 6.35. The number of nitrogens with zero attached hydrogens (tertiary/aromatic N) is 2. The number of benzene rings is 2. The summed E-state index contributed by atoms with van der Waals surface area (Å²) in [5.41, 5.74) is -6.18. The second kappa shape index (κ2) is 6.57. The van der Waals surface area contributed by atoms with Crippen LogP contribution in [0.5, 0.6) is 0 Å². The van der Waals surface area contributed by atoms with E-state index < -0.39 is 58.1 Å². The van der Waals surface area contributed by atoms with Crippen LogP contribution < -0.4 is 0 Å². The molecule has 26 heavy (non-hydrogen) atoms. The van der Waals surface area contributed by atoms with Gasteiger partial charge in [-0.3, -0.25) is 0 Å². The summed E-state index contributed by atoms with van der Waals surface area (Å²) in [6.07, 6.45) is -10.1. The lowest BCUT2D eigenvalue weighted by molar-refractivity contribution is -0.138. The number of hydrogen-bond acceptors (Lipinski definition) is 2. The molecule has 0 fully saturated rings. The summed E-state index contributed by atoms with van der Waals surface area (Å²) < 4.78 is 128. The highest BCUT2D eigenvalue weighted by atomic mass is 19.4. The highest BCUT2D eigenvalue weighted by molar-refractivity contribution is 5.46. The monoisotopic (exact) mass is 390 g/mol. The lowest BCUT2D eigenvalue weighted by atomic mass is 10.2. The maximum absolute atomic E-state index is 13.5. The molecular weight excluding hydrogens is 386 g/mol. The molecule has 140 valence electrons. The van der Waals surface area contributed by atoms with Crippen LogP contribution in [-0.4, -0.2) is 0 Å². The molecule has 0 heterocycles. The topological polar surface area (TPSA) is 24.7 Å². The Morgan fingerprint density at radius 2 is 0.731 bits per heavy atom. The second-order valence-electron chi connectivity index (χ2n) is 4.77. The smallest absolute Gasteiger partial charge is 0.204 e. The largest absolute Gasteiger partial charge is 0.416 e. The summed E-state index contributed by atoms with van der Waals surface area (Å²) >= 11 is 0. The van der Waals surface area contributed by atoms with Crippen LogP contribution in [0, 0.1) is 23.3 Å². The van der Waals surface area contributed by atoms with Crippen LogP contribution in [-0.2, 0) is 12.4 Å². The molecule has 0 N–H and O–H groups in total. The average Bonchev–Trinajstić information content (AvgIpc) is 2.46. The maximum atomic E-state index is 13.5. The fourth-order valence-corrected chi connectivity index (χ4v) is 1.75. The van der Waals surface area contributed by atoms with Crippen LogP contribution >= 0.6 is 0 Å². The maximum Gasteiger partial charge on any atom is 0.416 e. The molecule has 0 atom stereocenters. The Kier molecular flexibility index (Phi) is 4.97. The molecule has 0 spiro atoms. The van der Waals surface area contributed by atoms with Crippen LogP contribution in [0.2, 0.25) is 0 Å². The molecule has 0 bridgehead atoms. The zero-order valence-corrected chi connectivity index (χ0v) is 12.0. The minimum atomic E-state index is -5.07. The van der Waals surface area contributed by atoms with Gasteiger partial charge in [-0.25, -0.2) is 17.6 Å². The molecule has 2 nitrogen and oxygen atoms in total. The van der Waals surface area contributed by atoms with Crippen molar-refractivity contribution in [1.29, 1.82) is 0 Å². The van der Waals surface area contributed by atoms with E-state index in [0.29, 0.717) is 0 Å². The van der Waals surface area contributed by atoms with E-state index in [2.05, 4.69) is 10.2 Å². The van der Waals surface area contributed by atoms with Gasteiger partial charge in [0.2, 0.25) is 0 Å². The summed E-state index contributed by atoms with van der Waals surface area (Å²) in [6.45, 7) is 0. The van der Waals surface area contributed by atoms with Gasteiger partial charge in [-0.05, 0) is 24.3 Å². The third-order valence-corrected chi connectivity index (χ3v) is 2.94. The third kappa shape index (κ3) is 4.11. The molecule has 0 aliphatic carbocycles. The highest BCUT2D eigenvalue weighted by Gasteiger charge is 2.34. The molecule has 0 saturated carbocycles. The fraction of sp³-hybridized carbons (Fsp3) is 0.143. The van der Waals surface area contributed by atoms with Crippen molar-refractivity contribution in [2.45, 2.75) is 12.4 Å². The summed E-state index contributed by atoms with van der Waals surface area (Å²) in [6, 6.07) is -0.512. The van der Waals surface area contributed by atoms with Gasteiger partial charge in [-0.15, -0.1) is 10.2 Å². The Morgan fingerprint density at radius 3 is 0.923 bits per heavy atom. The van der Waals surface area contributed by atoms with Gasteiger partial charge in [0, 0.05) is 0 Å². The quantitative estimate of drug-likeness (QED) is 0.403. The molecule has 12 heteroatoms. The normalized spacial score (nSPS) is 12.8. The molecule has 2 aromatic carbocycles. The third-order valence-electron chi connectivity index (χ3n) is 2.94. The van der Waals surface area contributed by atoms with Crippen molar-refractivity contribution < 1.29 is 43.9 Å². The summed E-state index contributed by atoms with van der Waals surface area (Å²) in [4.78, 5) is 0. The average molecular weight is 390 g/mol. The van der Waals surface area contributed by atoms with Crippen LogP contribution in [0.1, 0.15) is 11.1 Å². The van der Waals surface area contributed by atoms with E-state index in [1.807, 2.05) is 0 Å². The van der Waals surface area contributed by atoms with Crippen LogP contribution in [0.25, 0.3) is 0 Å². The van der Waals surface area contributed by atoms with Crippen molar-refractivity contribution in [2.24, 2.45) is 10.2 Å². The molecule has 0 unspecified atom stereocenters. The summed E-state index contributed by atoms with van der Waals surface area (Å²) in [7, 11) is 0. The highest BCUT2D eigenvalue weighted by Crippen LogP contribution is 2.36. The van der Waals surface area contributed by atoms with Gasteiger partial charge in [0.1, 0.15) is 0 Å².